The Morgan fingerprint density at radius 3 is 2.52 bits per heavy atom. The minimum Gasteiger partial charge on any atom is -0.351 e. The first kappa shape index (κ1) is 15.2. The zero-order valence-electron chi connectivity index (χ0n) is 14.0. The summed E-state index contributed by atoms with van der Waals surface area (Å²) in [6.45, 7) is 3.26. The molecule has 1 unspecified atom stereocenters. The standard InChI is InChI=1S/C19H27N3O/c1-22-13-19(6-8-20-9-7-19)12-17(22)18(23)21-16-10-14-4-2-3-5-15(14)11-16/h2-5,16-17,20H,6-13H2,1H3,(H,21,23). The van der Waals surface area contributed by atoms with Crippen LogP contribution in [0.25, 0.3) is 0 Å². The van der Waals surface area contributed by atoms with Gasteiger partial charge >= 0.3 is 0 Å². The highest BCUT2D eigenvalue weighted by atomic mass is 16.2. The Morgan fingerprint density at radius 1 is 1.22 bits per heavy atom. The number of fused-ring (bicyclic) bond motifs is 1. The van der Waals surface area contributed by atoms with Crippen LogP contribution < -0.4 is 10.6 Å². The average molecular weight is 313 g/mol. The van der Waals surface area contributed by atoms with E-state index >= 15 is 0 Å². The molecular weight excluding hydrogens is 286 g/mol. The Hall–Kier alpha value is -1.39. The van der Waals surface area contributed by atoms with E-state index in [-0.39, 0.29) is 18.0 Å². The maximum Gasteiger partial charge on any atom is 0.237 e. The maximum absolute atomic E-state index is 12.8. The van der Waals surface area contributed by atoms with Gasteiger partial charge in [0.15, 0.2) is 0 Å². The molecule has 0 bridgehead atoms. The Kier molecular flexibility index (Phi) is 3.90. The fourth-order valence-electron chi connectivity index (χ4n) is 4.84. The number of nitrogens with one attached hydrogen (secondary N) is 2. The third-order valence-corrected chi connectivity index (χ3v) is 6.11. The second-order valence-corrected chi connectivity index (χ2v) is 7.77. The van der Waals surface area contributed by atoms with Crippen LogP contribution in [0.15, 0.2) is 24.3 Å². The molecule has 124 valence electrons. The van der Waals surface area contributed by atoms with Crippen molar-refractivity contribution in [3.63, 3.8) is 0 Å². The lowest BCUT2D eigenvalue weighted by atomic mass is 9.77. The highest BCUT2D eigenvalue weighted by Crippen LogP contribution is 2.41. The van der Waals surface area contributed by atoms with Crippen LogP contribution in [0.1, 0.15) is 30.4 Å². The number of nitrogens with zero attached hydrogens (tertiary/aromatic N) is 1. The topological polar surface area (TPSA) is 44.4 Å². The van der Waals surface area contributed by atoms with E-state index < -0.39 is 0 Å². The van der Waals surface area contributed by atoms with Gasteiger partial charge in [0.05, 0.1) is 6.04 Å². The summed E-state index contributed by atoms with van der Waals surface area (Å²) in [5.74, 6) is 0.237. The molecule has 0 radical (unpaired) electrons. The summed E-state index contributed by atoms with van der Waals surface area (Å²) in [6.07, 6.45) is 5.39. The second-order valence-electron chi connectivity index (χ2n) is 7.77. The molecule has 1 atom stereocenters. The smallest absolute Gasteiger partial charge is 0.237 e. The minimum absolute atomic E-state index is 0.0526. The third kappa shape index (κ3) is 2.90. The fourth-order valence-corrected chi connectivity index (χ4v) is 4.84. The van der Waals surface area contributed by atoms with Gasteiger partial charge in [0.1, 0.15) is 0 Å². The molecular formula is C19H27N3O. The fraction of sp³-hybridized carbons (Fsp3) is 0.632. The van der Waals surface area contributed by atoms with Gasteiger partial charge in [0.25, 0.3) is 0 Å². The van der Waals surface area contributed by atoms with Crippen LogP contribution in [0.5, 0.6) is 0 Å². The maximum atomic E-state index is 12.8. The van der Waals surface area contributed by atoms with Crippen molar-refractivity contribution < 1.29 is 4.79 Å². The van der Waals surface area contributed by atoms with Crippen molar-refractivity contribution in [2.45, 2.75) is 44.2 Å². The number of rotatable bonds is 2. The van der Waals surface area contributed by atoms with E-state index in [9.17, 15) is 4.79 Å². The summed E-state index contributed by atoms with van der Waals surface area (Å²) < 4.78 is 0. The highest BCUT2D eigenvalue weighted by molar-refractivity contribution is 5.82. The lowest BCUT2D eigenvalue weighted by molar-refractivity contribution is -0.125. The molecule has 3 aliphatic rings. The highest BCUT2D eigenvalue weighted by Gasteiger charge is 2.45. The molecule has 23 heavy (non-hydrogen) atoms. The van der Waals surface area contributed by atoms with Crippen LogP contribution >= 0.6 is 0 Å². The lowest BCUT2D eigenvalue weighted by Gasteiger charge is -2.33. The first-order chi connectivity index (χ1) is 11.2. The van der Waals surface area contributed by atoms with Gasteiger partial charge in [-0.3, -0.25) is 9.69 Å². The van der Waals surface area contributed by atoms with Crippen LogP contribution in [0.3, 0.4) is 0 Å². The molecule has 1 aromatic rings. The molecule has 2 heterocycles. The lowest BCUT2D eigenvalue weighted by Crippen LogP contribution is -2.46. The normalized spacial score (nSPS) is 27.3. The number of benzene rings is 1. The van der Waals surface area contributed by atoms with E-state index in [2.05, 4.69) is 46.8 Å². The molecule has 0 aromatic heterocycles. The molecule has 1 aromatic carbocycles. The molecule has 1 amide bonds. The van der Waals surface area contributed by atoms with E-state index in [1.807, 2.05) is 0 Å². The molecule has 2 fully saturated rings. The summed E-state index contributed by atoms with van der Waals surface area (Å²) in [5.41, 5.74) is 3.15. The monoisotopic (exact) mass is 313 g/mol. The largest absolute Gasteiger partial charge is 0.351 e. The molecule has 1 aliphatic carbocycles. The van der Waals surface area contributed by atoms with Crippen LogP contribution in [0.4, 0.5) is 0 Å². The Bertz CT molecular complexity index is 569. The molecule has 2 aliphatic heterocycles. The van der Waals surface area contributed by atoms with E-state index in [1.165, 1.54) is 24.0 Å². The second kappa shape index (κ2) is 5.91. The minimum atomic E-state index is 0.0526. The molecule has 4 rings (SSSR count). The zero-order valence-corrected chi connectivity index (χ0v) is 14.0. The number of likely N-dealkylation sites (tertiary alicyclic amines) is 1. The van der Waals surface area contributed by atoms with Gasteiger partial charge in [-0.25, -0.2) is 0 Å². The number of carbonyl (C=O) groups excluding carboxylic acids is 1. The summed E-state index contributed by atoms with van der Waals surface area (Å²) >= 11 is 0. The quantitative estimate of drug-likeness (QED) is 0.866. The van der Waals surface area contributed by atoms with Crippen LogP contribution in [-0.4, -0.2) is 49.6 Å². The Morgan fingerprint density at radius 2 is 1.87 bits per heavy atom. The summed E-state index contributed by atoms with van der Waals surface area (Å²) in [5, 5.41) is 6.77. The van der Waals surface area contributed by atoms with Gasteiger partial charge in [-0.15, -0.1) is 0 Å². The number of carbonyl (C=O) groups is 1. The number of hydrogen-bond acceptors (Lipinski definition) is 3. The Balaban J connectivity index is 1.38. The van der Waals surface area contributed by atoms with Crippen molar-refractivity contribution in [1.82, 2.24) is 15.5 Å². The molecule has 2 N–H and O–H groups in total. The van der Waals surface area contributed by atoms with Crippen LogP contribution in [0, 0.1) is 5.41 Å². The van der Waals surface area contributed by atoms with E-state index in [0.717, 1.165) is 38.9 Å². The van der Waals surface area contributed by atoms with Gasteiger partial charge < -0.3 is 10.6 Å². The summed E-state index contributed by atoms with van der Waals surface area (Å²) in [4.78, 5) is 15.1. The number of piperidine rings is 1. The zero-order chi connectivity index (χ0) is 15.9. The van der Waals surface area contributed by atoms with Gasteiger partial charge in [0.2, 0.25) is 5.91 Å². The van der Waals surface area contributed by atoms with Crippen molar-refractivity contribution in [2.24, 2.45) is 5.41 Å². The van der Waals surface area contributed by atoms with Crippen molar-refractivity contribution in [1.29, 1.82) is 0 Å². The average Bonchev–Trinajstić information content (AvgIpc) is 3.08. The van der Waals surface area contributed by atoms with Gasteiger partial charge in [-0.1, -0.05) is 24.3 Å². The van der Waals surface area contributed by atoms with Crippen molar-refractivity contribution in [3.8, 4) is 0 Å². The van der Waals surface area contributed by atoms with E-state index in [4.69, 9.17) is 0 Å². The number of likely N-dealkylation sites (N-methyl/N-ethyl adjacent to an activating group) is 1. The molecule has 4 nitrogen and oxygen atoms in total. The molecule has 1 spiro atoms. The number of amides is 1. The molecule has 0 saturated carbocycles. The van der Waals surface area contributed by atoms with Crippen molar-refractivity contribution >= 4 is 5.91 Å². The Labute approximate surface area is 138 Å². The first-order valence-electron chi connectivity index (χ1n) is 8.93. The van der Waals surface area contributed by atoms with Crippen molar-refractivity contribution in [3.05, 3.63) is 35.4 Å². The van der Waals surface area contributed by atoms with Crippen LogP contribution in [-0.2, 0) is 17.6 Å². The van der Waals surface area contributed by atoms with Gasteiger partial charge in [0, 0.05) is 12.6 Å². The molecule has 2 saturated heterocycles. The summed E-state index contributed by atoms with van der Waals surface area (Å²) in [7, 11) is 2.12. The van der Waals surface area contributed by atoms with Crippen molar-refractivity contribution in [2.75, 3.05) is 26.7 Å². The molecule has 4 heteroatoms. The third-order valence-electron chi connectivity index (χ3n) is 6.11. The van der Waals surface area contributed by atoms with Gasteiger partial charge in [-0.2, -0.15) is 0 Å². The van der Waals surface area contributed by atoms with E-state index in [0.29, 0.717) is 5.41 Å². The van der Waals surface area contributed by atoms with Gasteiger partial charge in [-0.05, 0) is 68.8 Å². The number of hydrogen-bond donors (Lipinski definition) is 2. The predicted molar refractivity (Wildman–Crippen MR) is 91.4 cm³/mol. The van der Waals surface area contributed by atoms with Crippen LogP contribution in [0.2, 0.25) is 0 Å². The SMILES string of the molecule is CN1CC2(CCNCC2)CC1C(=O)NC1Cc2ccccc2C1. The first-order valence-corrected chi connectivity index (χ1v) is 8.93. The van der Waals surface area contributed by atoms with E-state index in [1.54, 1.807) is 0 Å². The summed E-state index contributed by atoms with van der Waals surface area (Å²) in [6, 6.07) is 8.89. The predicted octanol–water partition coefficient (Wildman–Crippen LogP) is 1.34.